The maximum atomic E-state index is 13.8. The van der Waals surface area contributed by atoms with Gasteiger partial charge >= 0.3 is 0 Å². The monoisotopic (exact) mass is 498 g/mol. The number of benzene rings is 4. The summed E-state index contributed by atoms with van der Waals surface area (Å²) >= 11 is 3.44. The van der Waals surface area contributed by atoms with Gasteiger partial charge in [0.15, 0.2) is 6.10 Å². The Labute approximate surface area is 199 Å². The van der Waals surface area contributed by atoms with Crippen LogP contribution >= 0.6 is 15.9 Å². The van der Waals surface area contributed by atoms with Gasteiger partial charge in [-0.25, -0.2) is 9.96 Å². The van der Waals surface area contributed by atoms with E-state index in [1.807, 2.05) is 66.7 Å². The molecule has 4 aromatic rings. The van der Waals surface area contributed by atoms with Crippen LogP contribution in [0.5, 0.6) is 0 Å². The number of para-hydroxylation sites is 1. The normalized spacial score (nSPS) is 22.3. The molecule has 0 spiro atoms. The quantitative estimate of drug-likeness (QED) is 0.342. The van der Waals surface area contributed by atoms with Gasteiger partial charge in [-0.05, 0) is 46.7 Å². The van der Waals surface area contributed by atoms with E-state index in [1.54, 1.807) is 17.2 Å². The Morgan fingerprint density at radius 3 is 2.24 bits per heavy atom. The van der Waals surface area contributed by atoms with Crippen molar-refractivity contribution in [2.24, 2.45) is 5.92 Å². The Bertz CT molecular complexity index is 1390. The number of nitrogens with zero attached hydrogens (tertiary/aromatic N) is 2. The summed E-state index contributed by atoms with van der Waals surface area (Å²) < 4.78 is 0.801. The number of fused-ring (bicyclic) bond motifs is 2. The molecule has 0 unspecified atom stereocenters. The molecular formula is C27H19BrN2O3. The summed E-state index contributed by atoms with van der Waals surface area (Å²) in [5, 5.41) is 3.86. The van der Waals surface area contributed by atoms with Crippen molar-refractivity contribution in [3.8, 4) is 0 Å². The fraction of sp³-hybridized carbons (Fsp3) is 0.111. The van der Waals surface area contributed by atoms with E-state index in [2.05, 4.69) is 34.1 Å². The lowest BCUT2D eigenvalue weighted by atomic mass is 9.87. The molecule has 0 aliphatic carbocycles. The highest BCUT2D eigenvalue weighted by Crippen LogP contribution is 2.49. The number of amides is 2. The van der Waals surface area contributed by atoms with Crippen LogP contribution in [0.4, 0.5) is 11.4 Å². The van der Waals surface area contributed by atoms with Crippen molar-refractivity contribution in [2.45, 2.75) is 12.1 Å². The lowest BCUT2D eigenvalue weighted by Gasteiger charge is -2.29. The zero-order chi connectivity index (χ0) is 22.5. The molecule has 33 heavy (non-hydrogen) atoms. The van der Waals surface area contributed by atoms with E-state index >= 15 is 0 Å². The Morgan fingerprint density at radius 1 is 0.727 bits per heavy atom. The van der Waals surface area contributed by atoms with Crippen LogP contribution in [0, 0.1) is 5.92 Å². The number of hydrogen-bond donors (Lipinski definition) is 0. The van der Waals surface area contributed by atoms with Crippen molar-refractivity contribution in [1.29, 1.82) is 0 Å². The second-order valence-electron chi connectivity index (χ2n) is 8.22. The van der Waals surface area contributed by atoms with Crippen LogP contribution in [0.15, 0.2) is 102 Å². The number of rotatable bonds is 3. The van der Waals surface area contributed by atoms with Crippen LogP contribution in [-0.4, -0.2) is 17.9 Å². The van der Waals surface area contributed by atoms with Crippen LogP contribution in [-0.2, 0) is 14.4 Å². The van der Waals surface area contributed by atoms with Gasteiger partial charge in [-0.2, -0.15) is 0 Å². The predicted octanol–water partition coefficient (Wildman–Crippen LogP) is 5.65. The zero-order valence-electron chi connectivity index (χ0n) is 17.5. The molecule has 0 bridgehead atoms. The summed E-state index contributed by atoms with van der Waals surface area (Å²) in [5.41, 5.74) is 2.31. The van der Waals surface area contributed by atoms with Gasteiger partial charge in [0.1, 0.15) is 5.92 Å². The van der Waals surface area contributed by atoms with Gasteiger partial charge in [0.05, 0.1) is 17.4 Å². The van der Waals surface area contributed by atoms with Gasteiger partial charge < -0.3 is 0 Å². The molecule has 5 nitrogen and oxygen atoms in total. The summed E-state index contributed by atoms with van der Waals surface area (Å²) in [6.45, 7) is 0. The Hall–Kier alpha value is -3.48. The van der Waals surface area contributed by atoms with Gasteiger partial charge in [-0.15, -0.1) is 0 Å². The molecule has 6 heteroatoms. The second kappa shape index (κ2) is 7.83. The van der Waals surface area contributed by atoms with Crippen LogP contribution in [0.2, 0.25) is 0 Å². The third kappa shape index (κ3) is 3.17. The molecule has 2 aliphatic rings. The van der Waals surface area contributed by atoms with Gasteiger partial charge in [-0.1, -0.05) is 82.7 Å². The third-order valence-corrected chi connectivity index (χ3v) is 6.83. The summed E-state index contributed by atoms with van der Waals surface area (Å²) in [4.78, 5) is 34.8. The van der Waals surface area contributed by atoms with Crippen LogP contribution in [0.1, 0.15) is 11.6 Å². The average Bonchev–Trinajstić information content (AvgIpc) is 3.35. The van der Waals surface area contributed by atoms with Gasteiger partial charge in [0, 0.05) is 4.47 Å². The van der Waals surface area contributed by atoms with E-state index in [1.165, 1.54) is 4.90 Å². The maximum absolute atomic E-state index is 13.8. The van der Waals surface area contributed by atoms with E-state index in [0.29, 0.717) is 5.69 Å². The van der Waals surface area contributed by atoms with Crippen molar-refractivity contribution < 1.29 is 14.4 Å². The van der Waals surface area contributed by atoms with Gasteiger partial charge in [-0.3, -0.25) is 14.4 Å². The number of imide groups is 1. The van der Waals surface area contributed by atoms with Crippen molar-refractivity contribution in [1.82, 2.24) is 0 Å². The first-order chi connectivity index (χ1) is 16.1. The average molecular weight is 499 g/mol. The molecule has 162 valence electrons. The second-order valence-corrected chi connectivity index (χ2v) is 9.13. The first kappa shape index (κ1) is 20.1. The molecule has 0 N–H and O–H groups in total. The first-order valence-electron chi connectivity index (χ1n) is 10.8. The van der Waals surface area contributed by atoms with Crippen molar-refractivity contribution in [2.75, 3.05) is 9.96 Å². The molecule has 2 saturated heterocycles. The summed E-state index contributed by atoms with van der Waals surface area (Å²) in [7, 11) is 0. The SMILES string of the molecule is O=C1[C@@H]2[C@@H](ON(c3ccccc3)[C@H]2c2cccc3ccccc23)C(=O)N1c1cccc(Br)c1. The van der Waals surface area contributed by atoms with Gasteiger partial charge in [0.2, 0.25) is 5.91 Å². The molecule has 2 amide bonds. The molecular weight excluding hydrogens is 480 g/mol. The molecule has 0 saturated carbocycles. The van der Waals surface area contributed by atoms with E-state index in [9.17, 15) is 9.59 Å². The number of hydroxylamine groups is 1. The Morgan fingerprint density at radius 2 is 1.42 bits per heavy atom. The minimum Gasteiger partial charge on any atom is -0.273 e. The molecule has 4 aromatic carbocycles. The molecule has 0 aromatic heterocycles. The minimum atomic E-state index is -0.888. The van der Waals surface area contributed by atoms with Crippen LogP contribution in [0.25, 0.3) is 10.8 Å². The molecule has 0 radical (unpaired) electrons. The molecule has 2 fully saturated rings. The first-order valence-corrected chi connectivity index (χ1v) is 11.5. The molecule has 2 heterocycles. The number of halogens is 1. The van der Waals surface area contributed by atoms with Crippen molar-refractivity contribution in [3.63, 3.8) is 0 Å². The number of carbonyl (C=O) groups is 2. The summed E-state index contributed by atoms with van der Waals surface area (Å²) in [5.74, 6) is -1.26. The molecule has 3 atom stereocenters. The lowest BCUT2D eigenvalue weighted by molar-refractivity contribution is -0.126. The fourth-order valence-corrected chi connectivity index (χ4v) is 5.29. The Balaban J connectivity index is 1.51. The van der Waals surface area contributed by atoms with E-state index in [0.717, 1.165) is 26.5 Å². The molecule has 2 aliphatic heterocycles. The van der Waals surface area contributed by atoms with E-state index in [4.69, 9.17) is 4.84 Å². The zero-order valence-corrected chi connectivity index (χ0v) is 19.1. The summed E-state index contributed by atoms with van der Waals surface area (Å²) in [6, 6.07) is 30.5. The number of anilines is 2. The highest BCUT2D eigenvalue weighted by molar-refractivity contribution is 9.10. The topological polar surface area (TPSA) is 49.9 Å². The molecule has 6 rings (SSSR count). The minimum absolute atomic E-state index is 0.250. The third-order valence-electron chi connectivity index (χ3n) is 6.33. The maximum Gasteiger partial charge on any atom is 0.266 e. The highest BCUT2D eigenvalue weighted by Gasteiger charge is 2.60. The highest BCUT2D eigenvalue weighted by atomic mass is 79.9. The Kier molecular flexibility index (Phi) is 4.78. The fourth-order valence-electron chi connectivity index (χ4n) is 4.91. The number of carbonyl (C=O) groups excluding carboxylic acids is 2. The van der Waals surface area contributed by atoms with Crippen LogP contribution < -0.4 is 9.96 Å². The van der Waals surface area contributed by atoms with E-state index in [-0.39, 0.29) is 11.8 Å². The van der Waals surface area contributed by atoms with Crippen LogP contribution in [0.3, 0.4) is 0 Å². The van der Waals surface area contributed by atoms with E-state index < -0.39 is 18.1 Å². The van der Waals surface area contributed by atoms with Crippen molar-refractivity contribution in [3.05, 3.63) is 107 Å². The smallest absolute Gasteiger partial charge is 0.266 e. The largest absolute Gasteiger partial charge is 0.273 e. The standard InChI is InChI=1S/C27H19BrN2O3/c28-18-10-7-13-20(16-18)29-26(31)23-24(22-15-6-9-17-8-4-5-14-21(17)22)30(33-25(23)27(29)32)19-11-2-1-3-12-19/h1-16,23-25H/t23-,24-,25+/m0/s1. The lowest BCUT2D eigenvalue weighted by Crippen LogP contribution is -2.37. The number of hydrogen-bond acceptors (Lipinski definition) is 4. The predicted molar refractivity (Wildman–Crippen MR) is 131 cm³/mol. The van der Waals surface area contributed by atoms with Gasteiger partial charge in [0.25, 0.3) is 5.91 Å². The summed E-state index contributed by atoms with van der Waals surface area (Å²) in [6.07, 6.45) is -0.888. The van der Waals surface area contributed by atoms with Crippen molar-refractivity contribution >= 4 is 49.9 Å².